The van der Waals surface area contributed by atoms with Gasteiger partial charge in [0.05, 0.1) is 0 Å². The maximum absolute atomic E-state index is 12.1. The maximum Gasteiger partial charge on any atom is 0.414 e. The lowest BCUT2D eigenvalue weighted by Crippen LogP contribution is -2.34. The summed E-state index contributed by atoms with van der Waals surface area (Å²) in [6.45, 7) is 5.49. The number of carbonyl (C=O) groups excluding carboxylic acids is 1. The first-order chi connectivity index (χ1) is 10.3. The Morgan fingerprint density at radius 3 is 2.41 bits per heavy atom. The fraction of sp³-hybridized carbons (Fsp3) is 0.278. The van der Waals surface area contributed by atoms with Crippen molar-refractivity contribution in [1.82, 2.24) is 0 Å². The van der Waals surface area contributed by atoms with Gasteiger partial charge in [0.1, 0.15) is 11.4 Å². The summed E-state index contributed by atoms with van der Waals surface area (Å²) in [6.07, 6.45) is -0.415. The first kappa shape index (κ1) is 15.9. The van der Waals surface area contributed by atoms with Crippen molar-refractivity contribution in [3.63, 3.8) is 0 Å². The Kier molecular flexibility index (Phi) is 4.40. The molecule has 4 nitrogen and oxygen atoms in total. The molecule has 0 aliphatic carbocycles. The van der Waals surface area contributed by atoms with Crippen LogP contribution < -0.4 is 4.90 Å². The minimum atomic E-state index is -0.541. The Labute approximate surface area is 131 Å². The molecule has 0 fully saturated rings. The predicted octanol–water partition coefficient (Wildman–Crippen LogP) is 4.43. The number of phenolic OH excluding ortho intramolecular Hbond substituents is 1. The number of hydrogen-bond acceptors (Lipinski definition) is 3. The lowest BCUT2D eigenvalue weighted by Gasteiger charge is -2.25. The molecule has 0 bridgehead atoms. The first-order valence-corrected chi connectivity index (χ1v) is 7.13. The number of phenols is 1. The Bertz CT molecular complexity index is 674. The Morgan fingerprint density at radius 2 is 1.77 bits per heavy atom. The number of hydrogen-bond donors (Lipinski definition) is 1. The van der Waals surface area contributed by atoms with Gasteiger partial charge in [-0.2, -0.15) is 0 Å². The quantitative estimate of drug-likeness (QED) is 0.892. The van der Waals surface area contributed by atoms with Crippen LogP contribution >= 0.6 is 0 Å². The number of benzene rings is 2. The molecule has 4 heteroatoms. The van der Waals surface area contributed by atoms with Crippen molar-refractivity contribution in [2.75, 3.05) is 11.9 Å². The summed E-state index contributed by atoms with van der Waals surface area (Å²) in [5.41, 5.74) is 1.73. The van der Waals surface area contributed by atoms with Crippen LogP contribution in [0.1, 0.15) is 20.8 Å². The molecular weight excluding hydrogens is 278 g/mol. The molecule has 1 amide bonds. The largest absolute Gasteiger partial charge is 0.507 e. The third-order valence-corrected chi connectivity index (χ3v) is 3.12. The van der Waals surface area contributed by atoms with E-state index in [9.17, 15) is 9.90 Å². The van der Waals surface area contributed by atoms with Crippen molar-refractivity contribution in [2.24, 2.45) is 0 Å². The number of anilines is 1. The van der Waals surface area contributed by atoms with Crippen LogP contribution in [0.3, 0.4) is 0 Å². The van der Waals surface area contributed by atoms with Crippen LogP contribution in [0.15, 0.2) is 48.5 Å². The summed E-state index contributed by atoms with van der Waals surface area (Å²) in [5.74, 6) is 0.208. The molecule has 0 aliphatic rings. The molecule has 2 aromatic carbocycles. The summed E-state index contributed by atoms with van der Waals surface area (Å²) in [5, 5.41) is 9.95. The van der Waals surface area contributed by atoms with E-state index in [-0.39, 0.29) is 5.75 Å². The van der Waals surface area contributed by atoms with E-state index < -0.39 is 11.7 Å². The number of rotatable bonds is 2. The predicted molar refractivity (Wildman–Crippen MR) is 88.2 cm³/mol. The molecule has 2 aromatic rings. The van der Waals surface area contributed by atoms with E-state index in [0.717, 1.165) is 11.1 Å². The number of para-hydroxylation sites is 1. The highest BCUT2D eigenvalue weighted by atomic mass is 16.6. The van der Waals surface area contributed by atoms with Crippen molar-refractivity contribution < 1.29 is 14.6 Å². The van der Waals surface area contributed by atoms with Gasteiger partial charge in [-0.1, -0.05) is 30.3 Å². The lowest BCUT2D eigenvalue weighted by molar-refractivity contribution is 0.0589. The topological polar surface area (TPSA) is 49.8 Å². The monoisotopic (exact) mass is 299 g/mol. The highest BCUT2D eigenvalue weighted by Crippen LogP contribution is 2.31. The number of carbonyl (C=O) groups is 1. The van der Waals surface area contributed by atoms with Crippen molar-refractivity contribution in [3.05, 3.63) is 48.5 Å². The summed E-state index contributed by atoms with van der Waals surface area (Å²) in [7, 11) is 1.66. The zero-order valence-corrected chi connectivity index (χ0v) is 13.3. The molecule has 0 radical (unpaired) electrons. The van der Waals surface area contributed by atoms with Crippen LogP contribution in [-0.4, -0.2) is 23.8 Å². The molecule has 0 aliphatic heterocycles. The highest BCUT2D eigenvalue weighted by molar-refractivity contribution is 5.88. The average molecular weight is 299 g/mol. The molecule has 0 saturated carbocycles. The van der Waals surface area contributed by atoms with Gasteiger partial charge in [-0.25, -0.2) is 4.79 Å². The van der Waals surface area contributed by atoms with Crippen LogP contribution in [0.4, 0.5) is 10.5 Å². The van der Waals surface area contributed by atoms with Crippen LogP contribution in [0.25, 0.3) is 11.1 Å². The van der Waals surface area contributed by atoms with Gasteiger partial charge < -0.3 is 9.84 Å². The third-order valence-electron chi connectivity index (χ3n) is 3.12. The van der Waals surface area contributed by atoms with Gasteiger partial charge >= 0.3 is 6.09 Å². The SMILES string of the molecule is CN(C(=O)OC(C)(C)C)c1cccc(-c2ccccc2O)c1. The zero-order valence-electron chi connectivity index (χ0n) is 13.3. The van der Waals surface area contributed by atoms with Gasteiger partial charge in [0, 0.05) is 18.3 Å². The maximum atomic E-state index is 12.1. The van der Waals surface area contributed by atoms with Crippen molar-refractivity contribution in [1.29, 1.82) is 0 Å². The molecule has 22 heavy (non-hydrogen) atoms. The van der Waals surface area contributed by atoms with Crippen LogP contribution in [0, 0.1) is 0 Å². The normalized spacial score (nSPS) is 11.1. The first-order valence-electron chi connectivity index (χ1n) is 7.13. The van der Waals surface area contributed by atoms with Crippen LogP contribution in [0.5, 0.6) is 5.75 Å². The molecule has 0 spiro atoms. The van der Waals surface area contributed by atoms with E-state index in [1.54, 1.807) is 19.2 Å². The van der Waals surface area contributed by atoms with Crippen molar-refractivity contribution >= 4 is 11.8 Å². The average Bonchev–Trinajstić information content (AvgIpc) is 2.45. The fourth-order valence-electron chi connectivity index (χ4n) is 2.04. The molecule has 0 aromatic heterocycles. The van der Waals surface area contributed by atoms with E-state index in [4.69, 9.17) is 4.74 Å². The smallest absolute Gasteiger partial charge is 0.414 e. The lowest BCUT2D eigenvalue weighted by atomic mass is 10.0. The number of ether oxygens (including phenoxy) is 1. The second-order valence-corrected chi connectivity index (χ2v) is 6.11. The number of amides is 1. The minimum absolute atomic E-state index is 0.208. The molecule has 0 atom stereocenters. The van der Waals surface area contributed by atoms with Crippen molar-refractivity contribution in [3.8, 4) is 16.9 Å². The number of nitrogens with zero attached hydrogens (tertiary/aromatic N) is 1. The van der Waals surface area contributed by atoms with E-state index >= 15 is 0 Å². The zero-order chi connectivity index (χ0) is 16.3. The van der Waals surface area contributed by atoms with Gasteiger partial charge in [-0.3, -0.25) is 4.90 Å². The second kappa shape index (κ2) is 6.10. The third kappa shape index (κ3) is 3.79. The van der Waals surface area contributed by atoms with E-state index in [0.29, 0.717) is 5.69 Å². The van der Waals surface area contributed by atoms with Crippen LogP contribution in [-0.2, 0) is 4.74 Å². The van der Waals surface area contributed by atoms with Gasteiger partial charge in [0.15, 0.2) is 0 Å². The highest BCUT2D eigenvalue weighted by Gasteiger charge is 2.20. The standard InChI is InChI=1S/C18H21NO3/c1-18(2,3)22-17(21)19(4)14-9-7-8-13(12-14)15-10-5-6-11-16(15)20/h5-12,20H,1-4H3. The van der Waals surface area contributed by atoms with E-state index in [2.05, 4.69) is 0 Å². The summed E-state index contributed by atoms with van der Waals surface area (Å²) in [6, 6.07) is 14.5. The van der Waals surface area contributed by atoms with E-state index in [1.165, 1.54) is 4.90 Å². The Hall–Kier alpha value is -2.49. The van der Waals surface area contributed by atoms with Gasteiger partial charge in [0.2, 0.25) is 0 Å². The van der Waals surface area contributed by atoms with E-state index in [1.807, 2.05) is 57.2 Å². The summed E-state index contributed by atoms with van der Waals surface area (Å²) >= 11 is 0. The molecule has 0 unspecified atom stereocenters. The van der Waals surface area contributed by atoms with Crippen LogP contribution in [0.2, 0.25) is 0 Å². The molecule has 116 valence electrons. The minimum Gasteiger partial charge on any atom is -0.507 e. The van der Waals surface area contributed by atoms with Crippen molar-refractivity contribution in [2.45, 2.75) is 26.4 Å². The second-order valence-electron chi connectivity index (χ2n) is 6.11. The molecule has 1 N–H and O–H groups in total. The summed E-state index contributed by atoms with van der Waals surface area (Å²) in [4.78, 5) is 13.6. The molecule has 2 rings (SSSR count). The van der Waals surface area contributed by atoms with Gasteiger partial charge in [0.25, 0.3) is 0 Å². The molecular formula is C18H21NO3. The molecule has 0 heterocycles. The Morgan fingerprint density at radius 1 is 1.09 bits per heavy atom. The Balaban J connectivity index is 2.29. The summed E-state index contributed by atoms with van der Waals surface area (Å²) < 4.78 is 5.36. The van der Waals surface area contributed by atoms with Gasteiger partial charge in [-0.05, 0) is 44.5 Å². The van der Waals surface area contributed by atoms with Gasteiger partial charge in [-0.15, -0.1) is 0 Å². The molecule has 0 saturated heterocycles. The number of aromatic hydroxyl groups is 1. The fourth-order valence-corrected chi connectivity index (χ4v) is 2.04.